The Morgan fingerprint density at radius 1 is 0.957 bits per heavy atom. The van der Waals surface area contributed by atoms with Gasteiger partial charge in [-0.25, -0.2) is 4.79 Å². The second-order valence-electron chi connectivity index (χ2n) is 4.58. The van der Waals surface area contributed by atoms with E-state index in [0.717, 1.165) is 0 Å². The molecule has 0 aliphatic carbocycles. The number of rotatable bonds is 5. The molecule has 2 rings (SSSR count). The number of para-hydroxylation sites is 1. The molecule has 0 atom stereocenters. The van der Waals surface area contributed by atoms with Crippen LogP contribution in [0.4, 0.5) is 16.2 Å². The van der Waals surface area contributed by atoms with Crippen LogP contribution in [0.3, 0.4) is 0 Å². The summed E-state index contributed by atoms with van der Waals surface area (Å²) < 4.78 is 0. The van der Waals surface area contributed by atoms with E-state index in [9.17, 15) is 9.59 Å². The van der Waals surface area contributed by atoms with Crippen molar-refractivity contribution in [3.05, 3.63) is 59.1 Å². The van der Waals surface area contributed by atoms with Gasteiger partial charge in [-0.3, -0.25) is 4.79 Å². The lowest BCUT2D eigenvalue weighted by Crippen LogP contribution is -2.31. The molecule has 0 aromatic heterocycles. The quantitative estimate of drug-likeness (QED) is 0.713. The minimum absolute atomic E-state index is 0.312. The summed E-state index contributed by atoms with van der Waals surface area (Å²) >= 11 is 11.3. The predicted molar refractivity (Wildman–Crippen MR) is 93.6 cm³/mol. The summed E-state index contributed by atoms with van der Waals surface area (Å²) in [5.41, 5.74) is 1.37. The van der Waals surface area contributed by atoms with Crippen molar-refractivity contribution in [2.75, 3.05) is 23.1 Å². The van der Waals surface area contributed by atoms with Crippen molar-refractivity contribution >= 4 is 46.5 Å². The fraction of sp³-hybridized carbons (Fsp3) is 0.125. The minimum Gasteiger partial charge on any atom is -0.337 e. The zero-order chi connectivity index (χ0) is 16.7. The van der Waals surface area contributed by atoms with Crippen molar-refractivity contribution in [3.8, 4) is 0 Å². The highest BCUT2D eigenvalue weighted by atomic mass is 35.5. The van der Waals surface area contributed by atoms with E-state index in [1.54, 1.807) is 48.5 Å². The molecule has 0 aliphatic heterocycles. The van der Waals surface area contributed by atoms with Gasteiger partial charge in [-0.2, -0.15) is 0 Å². The lowest BCUT2D eigenvalue weighted by Gasteiger charge is -2.12. The first-order valence-electron chi connectivity index (χ1n) is 6.87. The Balaban J connectivity index is 2.10. The number of amides is 3. The number of carbonyl (C=O) groups is 2. The molecule has 120 valence electrons. The van der Waals surface area contributed by atoms with E-state index in [-0.39, 0.29) is 5.91 Å². The molecule has 2 aromatic rings. The second-order valence-corrected chi connectivity index (χ2v) is 5.39. The SMILES string of the molecule is O=C(NCCCl)Nc1ccccc1C(=O)Nc1ccc(Cl)cc1. The van der Waals surface area contributed by atoms with Crippen LogP contribution in [0.1, 0.15) is 10.4 Å². The summed E-state index contributed by atoms with van der Waals surface area (Å²) in [6.45, 7) is 0.340. The average Bonchev–Trinajstić information content (AvgIpc) is 2.55. The van der Waals surface area contributed by atoms with Gasteiger partial charge in [-0.15, -0.1) is 11.6 Å². The van der Waals surface area contributed by atoms with E-state index in [0.29, 0.717) is 34.4 Å². The highest BCUT2D eigenvalue weighted by Gasteiger charge is 2.13. The van der Waals surface area contributed by atoms with Crippen molar-refractivity contribution in [2.45, 2.75) is 0 Å². The topological polar surface area (TPSA) is 70.2 Å². The number of halogens is 2. The maximum Gasteiger partial charge on any atom is 0.319 e. The van der Waals surface area contributed by atoms with E-state index in [4.69, 9.17) is 23.2 Å². The molecule has 3 N–H and O–H groups in total. The van der Waals surface area contributed by atoms with Crippen LogP contribution in [0.15, 0.2) is 48.5 Å². The van der Waals surface area contributed by atoms with Gasteiger partial charge in [0.05, 0.1) is 11.3 Å². The monoisotopic (exact) mass is 351 g/mol. The molecule has 0 radical (unpaired) electrons. The van der Waals surface area contributed by atoms with Gasteiger partial charge in [0.2, 0.25) is 0 Å². The van der Waals surface area contributed by atoms with Gasteiger partial charge in [0, 0.05) is 23.1 Å². The van der Waals surface area contributed by atoms with Crippen LogP contribution in [-0.2, 0) is 0 Å². The van der Waals surface area contributed by atoms with Crippen LogP contribution in [0, 0.1) is 0 Å². The molecule has 0 spiro atoms. The molecule has 0 bridgehead atoms. The van der Waals surface area contributed by atoms with E-state index in [1.807, 2.05) is 0 Å². The molecule has 7 heteroatoms. The molecular weight excluding hydrogens is 337 g/mol. The summed E-state index contributed by atoms with van der Waals surface area (Å²) in [5.74, 6) is -0.0212. The van der Waals surface area contributed by atoms with Gasteiger partial charge in [-0.1, -0.05) is 23.7 Å². The Morgan fingerprint density at radius 3 is 2.35 bits per heavy atom. The first-order valence-corrected chi connectivity index (χ1v) is 7.78. The Kier molecular flexibility index (Phi) is 6.26. The van der Waals surface area contributed by atoms with Crippen LogP contribution in [0.5, 0.6) is 0 Å². The number of anilines is 2. The van der Waals surface area contributed by atoms with E-state index < -0.39 is 6.03 Å². The normalized spacial score (nSPS) is 10.0. The van der Waals surface area contributed by atoms with Crippen LogP contribution >= 0.6 is 23.2 Å². The van der Waals surface area contributed by atoms with Crippen LogP contribution in [-0.4, -0.2) is 24.4 Å². The maximum atomic E-state index is 12.4. The van der Waals surface area contributed by atoms with Crippen molar-refractivity contribution in [3.63, 3.8) is 0 Å². The summed E-state index contributed by atoms with van der Waals surface area (Å²) in [4.78, 5) is 24.1. The third-order valence-electron chi connectivity index (χ3n) is 2.90. The molecule has 0 heterocycles. The predicted octanol–water partition coefficient (Wildman–Crippen LogP) is 3.95. The standard InChI is InChI=1S/C16H15Cl2N3O2/c17-9-10-19-16(23)21-14-4-2-1-3-13(14)15(22)20-12-7-5-11(18)6-8-12/h1-8H,9-10H2,(H,20,22)(H2,19,21,23). The Hall–Kier alpha value is -2.24. The van der Waals surface area contributed by atoms with Gasteiger partial charge in [0.15, 0.2) is 0 Å². The summed E-state index contributed by atoms with van der Waals surface area (Å²) in [5, 5.41) is 8.54. The molecule has 0 aliphatic rings. The van der Waals surface area contributed by atoms with Crippen LogP contribution < -0.4 is 16.0 Å². The van der Waals surface area contributed by atoms with E-state index in [2.05, 4.69) is 16.0 Å². The van der Waals surface area contributed by atoms with Crippen molar-refractivity contribution < 1.29 is 9.59 Å². The third-order valence-corrected chi connectivity index (χ3v) is 3.34. The fourth-order valence-corrected chi connectivity index (χ4v) is 2.07. The number of benzene rings is 2. The first kappa shape index (κ1) is 17.1. The molecule has 5 nitrogen and oxygen atoms in total. The van der Waals surface area contributed by atoms with Crippen molar-refractivity contribution in [2.24, 2.45) is 0 Å². The maximum absolute atomic E-state index is 12.4. The largest absolute Gasteiger partial charge is 0.337 e. The van der Waals surface area contributed by atoms with E-state index in [1.165, 1.54) is 0 Å². The fourth-order valence-electron chi connectivity index (χ4n) is 1.85. The third kappa shape index (κ3) is 5.16. The Bertz CT molecular complexity index is 690. The zero-order valence-corrected chi connectivity index (χ0v) is 13.6. The first-order chi connectivity index (χ1) is 11.1. The molecule has 0 saturated heterocycles. The minimum atomic E-state index is -0.419. The summed E-state index contributed by atoms with van der Waals surface area (Å²) in [6.07, 6.45) is 0. The van der Waals surface area contributed by atoms with Crippen molar-refractivity contribution in [1.82, 2.24) is 5.32 Å². The molecule has 0 unspecified atom stereocenters. The smallest absolute Gasteiger partial charge is 0.319 e. The summed E-state index contributed by atoms with van der Waals surface area (Å²) in [6, 6.07) is 13.1. The summed E-state index contributed by atoms with van der Waals surface area (Å²) in [7, 11) is 0. The highest BCUT2D eigenvalue weighted by Crippen LogP contribution is 2.18. The number of alkyl halides is 1. The number of urea groups is 1. The number of hydrogen-bond donors (Lipinski definition) is 3. The molecule has 3 amide bonds. The Labute approximate surface area is 144 Å². The van der Waals surface area contributed by atoms with Gasteiger partial charge < -0.3 is 16.0 Å². The second kappa shape index (κ2) is 8.41. The molecular formula is C16H15Cl2N3O2. The van der Waals surface area contributed by atoms with Gasteiger partial charge in [-0.05, 0) is 36.4 Å². The molecule has 2 aromatic carbocycles. The highest BCUT2D eigenvalue weighted by molar-refractivity contribution is 6.30. The molecule has 0 fully saturated rings. The lowest BCUT2D eigenvalue weighted by molar-refractivity contribution is 0.102. The lowest BCUT2D eigenvalue weighted by atomic mass is 10.1. The van der Waals surface area contributed by atoms with E-state index >= 15 is 0 Å². The zero-order valence-electron chi connectivity index (χ0n) is 12.1. The van der Waals surface area contributed by atoms with Gasteiger partial charge in [0.25, 0.3) is 5.91 Å². The van der Waals surface area contributed by atoms with Gasteiger partial charge in [0.1, 0.15) is 0 Å². The Morgan fingerprint density at radius 2 is 1.65 bits per heavy atom. The van der Waals surface area contributed by atoms with Crippen molar-refractivity contribution in [1.29, 1.82) is 0 Å². The van der Waals surface area contributed by atoms with Gasteiger partial charge >= 0.3 is 6.03 Å². The van der Waals surface area contributed by atoms with Crippen LogP contribution in [0.2, 0.25) is 5.02 Å². The molecule has 0 saturated carbocycles. The van der Waals surface area contributed by atoms with Crippen LogP contribution in [0.25, 0.3) is 0 Å². The number of hydrogen-bond acceptors (Lipinski definition) is 2. The number of carbonyl (C=O) groups excluding carboxylic acids is 2. The molecule has 23 heavy (non-hydrogen) atoms. The average molecular weight is 352 g/mol. The number of nitrogens with one attached hydrogen (secondary N) is 3.